The van der Waals surface area contributed by atoms with Gasteiger partial charge in [-0.15, -0.1) is 0 Å². The van der Waals surface area contributed by atoms with Crippen LogP contribution in [0.1, 0.15) is 0 Å². The molecule has 0 heterocycles. The van der Waals surface area contributed by atoms with Crippen molar-refractivity contribution >= 4 is 75.5 Å². The van der Waals surface area contributed by atoms with Gasteiger partial charge in [0, 0.05) is 0 Å². The van der Waals surface area contributed by atoms with Crippen molar-refractivity contribution < 1.29 is 54.3 Å². The molecule has 10 nitrogen and oxygen atoms in total. The molecule has 0 aliphatic carbocycles. The van der Waals surface area contributed by atoms with Gasteiger partial charge in [-0.05, 0) is 0 Å². The first-order valence-electron chi connectivity index (χ1n) is 0.200. The summed E-state index contributed by atoms with van der Waals surface area (Å²) < 4.78 is 0. The summed E-state index contributed by atoms with van der Waals surface area (Å²) in [5.41, 5.74) is 0. The van der Waals surface area contributed by atoms with E-state index in [4.69, 9.17) is 10.5 Å². The Bertz CT molecular complexity index is 7.80. The number of rotatable bonds is 0. The van der Waals surface area contributed by atoms with Crippen LogP contribution in [0.4, 0.5) is 0 Å². The van der Waals surface area contributed by atoms with Crippen LogP contribution in [0.15, 0.2) is 0 Å². The molecule has 0 aromatic heterocycles. The van der Waals surface area contributed by atoms with Crippen molar-refractivity contribution in [1.82, 2.24) is 0 Å². The number of hydrogen-bond acceptors (Lipinski definition) is 2. The molecule has 0 bridgehead atoms. The molecule has 0 amide bonds. The Morgan fingerprint density at radius 1 is 0.333 bits per heavy atom. The van der Waals surface area contributed by atoms with Gasteiger partial charge >= 0.3 is 75.5 Å². The molecule has 0 rings (SSSR count). The predicted octanol–water partition coefficient (Wildman–Crippen LogP) is -8.41. The zero-order valence-corrected chi connectivity index (χ0v) is 4.89. The van der Waals surface area contributed by atoms with Crippen LogP contribution in [-0.2, 0) is 0 Å². The molecule has 0 saturated heterocycles. The topological polar surface area (TPSA) is 292 Å². The van der Waals surface area contributed by atoms with E-state index in [-0.39, 0.29) is 119 Å². The summed E-state index contributed by atoms with van der Waals surface area (Å²) in [6.07, 6.45) is 0. The van der Waals surface area contributed by atoms with E-state index in [1.54, 1.807) is 0 Å². The molecule has 18 N–H and O–H groups in total. The monoisotopic (exact) mass is 262 g/mol. The summed E-state index contributed by atoms with van der Waals surface area (Å²) in [6.45, 7) is 0. The van der Waals surface area contributed by atoms with Crippen LogP contribution in [-0.4, -0.2) is 130 Å². The summed E-state index contributed by atoms with van der Waals surface area (Å²) in [5, 5.41) is 12.0. The summed E-state index contributed by atoms with van der Waals surface area (Å²) in [5.74, 6) is 0. The average molecular weight is 262 g/mol. The molecule has 12 heavy (non-hydrogen) atoms. The molecule has 0 fully saturated rings. The standard InChI is InChI=1S/2Ca.H2O2.8H2O.4H/c;;1-2;;;;;;;;;;;;/h;;1-2H;8*1H2;;;;. The fourth-order valence-electron chi connectivity index (χ4n) is 0. The van der Waals surface area contributed by atoms with Gasteiger partial charge in [-0.1, -0.05) is 0 Å². The predicted molar refractivity (Wildman–Crippen MR) is 51.3 cm³/mol. The SMILES string of the molecule is O.O.O.O.O.O.O.O.OO.[CaH2].[CaH2]. The van der Waals surface area contributed by atoms with E-state index >= 15 is 0 Å². The molecular weight excluding hydrogens is 240 g/mol. The molecule has 12 heteroatoms. The Morgan fingerprint density at radius 3 is 0.333 bits per heavy atom. The minimum atomic E-state index is 0. The van der Waals surface area contributed by atoms with Gasteiger partial charge in [0.2, 0.25) is 0 Å². The molecule has 86 valence electrons. The van der Waals surface area contributed by atoms with E-state index < -0.39 is 0 Å². The molecule has 0 unspecified atom stereocenters. The van der Waals surface area contributed by atoms with Crippen molar-refractivity contribution in [3.63, 3.8) is 0 Å². The first-order valence-corrected chi connectivity index (χ1v) is 0.200. The van der Waals surface area contributed by atoms with E-state index in [0.717, 1.165) is 0 Å². The van der Waals surface area contributed by atoms with Crippen molar-refractivity contribution in [2.24, 2.45) is 0 Å². The normalized spacial score (nSPS) is 0.500. The van der Waals surface area contributed by atoms with Crippen molar-refractivity contribution in [2.45, 2.75) is 0 Å². The van der Waals surface area contributed by atoms with Gasteiger partial charge in [0.05, 0.1) is 0 Å². The summed E-state index contributed by atoms with van der Waals surface area (Å²) >= 11 is 0. The Labute approximate surface area is 128 Å². The molecule has 0 aliphatic rings. The molecule has 0 aromatic carbocycles. The second-order valence-electron chi connectivity index (χ2n) is 0. The van der Waals surface area contributed by atoms with Crippen molar-refractivity contribution in [2.75, 3.05) is 0 Å². The molecule has 0 aromatic rings. The Morgan fingerprint density at radius 2 is 0.333 bits per heavy atom. The Balaban J connectivity index is -0.000000000111. The average Bonchev–Trinajstić information content (AvgIpc) is 1.00. The molecule has 0 saturated carbocycles. The van der Waals surface area contributed by atoms with E-state index in [1.165, 1.54) is 0 Å². The third kappa shape index (κ3) is 334. The molecule has 0 spiro atoms. The number of hydrogen-bond donors (Lipinski definition) is 2. The van der Waals surface area contributed by atoms with Gasteiger partial charge in [0.15, 0.2) is 0 Å². The van der Waals surface area contributed by atoms with Crippen LogP contribution in [0.5, 0.6) is 0 Å². The van der Waals surface area contributed by atoms with Crippen molar-refractivity contribution in [3.05, 3.63) is 0 Å². The van der Waals surface area contributed by atoms with E-state index in [0.29, 0.717) is 0 Å². The van der Waals surface area contributed by atoms with Gasteiger partial charge in [-0.25, -0.2) is 0 Å². The van der Waals surface area contributed by atoms with Crippen LogP contribution < -0.4 is 0 Å². The first-order chi connectivity index (χ1) is 1.00. The zero-order valence-electron chi connectivity index (χ0n) is 4.89. The van der Waals surface area contributed by atoms with Crippen LogP contribution in [0.25, 0.3) is 0 Å². The molecular formula is H22Ca2O10. The maximum absolute atomic E-state index is 6.00. The minimum absolute atomic E-state index is 0. The van der Waals surface area contributed by atoms with Crippen molar-refractivity contribution in [1.29, 1.82) is 0 Å². The fourth-order valence-corrected chi connectivity index (χ4v) is 0. The van der Waals surface area contributed by atoms with E-state index in [2.05, 4.69) is 0 Å². The molecule has 0 atom stereocenters. The quantitative estimate of drug-likeness (QED) is 0.244. The Kier molecular flexibility index (Phi) is 8930. The van der Waals surface area contributed by atoms with Gasteiger partial charge in [-0.3, -0.25) is 10.5 Å². The van der Waals surface area contributed by atoms with Crippen LogP contribution >= 0.6 is 0 Å². The summed E-state index contributed by atoms with van der Waals surface area (Å²) in [7, 11) is 0. The van der Waals surface area contributed by atoms with E-state index in [1.807, 2.05) is 0 Å². The molecule has 0 aliphatic heterocycles. The van der Waals surface area contributed by atoms with Gasteiger partial charge in [-0.2, -0.15) is 0 Å². The van der Waals surface area contributed by atoms with Crippen LogP contribution in [0.2, 0.25) is 0 Å². The van der Waals surface area contributed by atoms with E-state index in [9.17, 15) is 0 Å². The molecule has 0 radical (unpaired) electrons. The van der Waals surface area contributed by atoms with Crippen LogP contribution in [0, 0.1) is 0 Å². The first kappa shape index (κ1) is 250. The third-order valence-electron chi connectivity index (χ3n) is 0. The Hall–Kier alpha value is 2.12. The second kappa shape index (κ2) is 429. The van der Waals surface area contributed by atoms with Crippen LogP contribution in [0.3, 0.4) is 0 Å². The summed E-state index contributed by atoms with van der Waals surface area (Å²) in [4.78, 5) is 0. The fraction of sp³-hybridized carbons (Fsp3) is 0. The second-order valence-corrected chi connectivity index (χ2v) is 0. The van der Waals surface area contributed by atoms with Gasteiger partial charge in [0.25, 0.3) is 0 Å². The zero-order chi connectivity index (χ0) is 2.00. The maximum atomic E-state index is 6.00. The third-order valence-corrected chi connectivity index (χ3v) is 0. The van der Waals surface area contributed by atoms with Gasteiger partial charge in [0.1, 0.15) is 0 Å². The van der Waals surface area contributed by atoms with Crippen molar-refractivity contribution in [3.8, 4) is 0 Å². The summed E-state index contributed by atoms with van der Waals surface area (Å²) in [6, 6.07) is 0. The van der Waals surface area contributed by atoms with Gasteiger partial charge < -0.3 is 43.8 Å².